The second kappa shape index (κ2) is 9.30. The number of nitrogens with zero attached hydrogens (tertiary/aromatic N) is 2. The highest BCUT2D eigenvalue weighted by Gasteiger charge is 2.36. The van der Waals surface area contributed by atoms with Crippen LogP contribution in [-0.4, -0.2) is 48.9 Å². The van der Waals surface area contributed by atoms with Gasteiger partial charge in [0.25, 0.3) is 16.8 Å². The number of hydrogen-bond acceptors (Lipinski definition) is 10. The van der Waals surface area contributed by atoms with Gasteiger partial charge in [0.1, 0.15) is 6.54 Å². The molecule has 33 heavy (non-hydrogen) atoms. The number of thioether (sulfide) groups is 1. The van der Waals surface area contributed by atoms with Gasteiger partial charge in [0.15, 0.2) is 16.4 Å². The molecule has 0 bridgehead atoms. The van der Waals surface area contributed by atoms with Gasteiger partial charge in [0.2, 0.25) is 5.91 Å². The lowest BCUT2D eigenvalue weighted by molar-refractivity contribution is -0.387. The molecule has 12 nitrogen and oxygen atoms in total. The maximum atomic E-state index is 12.6. The van der Waals surface area contributed by atoms with E-state index in [1.54, 1.807) is 0 Å². The average Bonchev–Trinajstić information content (AvgIpc) is 3.01. The number of rotatable bonds is 8. The second-order valence-corrected chi connectivity index (χ2v) is 8.91. The molecule has 1 saturated heterocycles. The Morgan fingerprint density at radius 2 is 1.91 bits per heavy atom. The van der Waals surface area contributed by atoms with Gasteiger partial charge >= 0.3 is 10.1 Å². The normalized spacial score (nSPS) is 15.1. The maximum Gasteiger partial charge on any atom is 0.346 e. The quantitative estimate of drug-likeness (QED) is 0.247. The molecule has 1 aliphatic rings. The lowest BCUT2D eigenvalue weighted by Crippen LogP contribution is -2.36. The van der Waals surface area contributed by atoms with Crippen molar-refractivity contribution < 1.29 is 36.6 Å². The number of nitro benzene ring substituents is 1. The highest BCUT2D eigenvalue weighted by Crippen LogP contribution is 2.36. The zero-order valence-electron chi connectivity index (χ0n) is 16.8. The summed E-state index contributed by atoms with van der Waals surface area (Å²) in [7, 11) is -3.34. The highest BCUT2D eigenvalue weighted by molar-refractivity contribution is 8.18. The SMILES string of the molecule is COc1cc(/C=C2\SC(=O)N(CC(N)=O)C2=O)ccc1OS(=O)(=O)c1ccccc1[N+](=O)[O-]. The van der Waals surface area contributed by atoms with Crippen LogP contribution in [0.3, 0.4) is 0 Å². The summed E-state index contributed by atoms with van der Waals surface area (Å²) in [6.07, 6.45) is 1.34. The molecule has 0 radical (unpaired) electrons. The third-order valence-electron chi connectivity index (χ3n) is 4.20. The molecule has 2 aromatic rings. The number of imide groups is 1. The molecule has 0 aromatic heterocycles. The van der Waals surface area contributed by atoms with E-state index < -0.39 is 49.2 Å². The zero-order valence-corrected chi connectivity index (χ0v) is 18.4. The van der Waals surface area contributed by atoms with Crippen LogP contribution in [0.2, 0.25) is 0 Å². The molecule has 1 heterocycles. The van der Waals surface area contributed by atoms with Crippen molar-refractivity contribution in [3.63, 3.8) is 0 Å². The van der Waals surface area contributed by atoms with Gasteiger partial charge in [-0.1, -0.05) is 18.2 Å². The number of methoxy groups -OCH3 is 1. The van der Waals surface area contributed by atoms with Crippen molar-refractivity contribution >= 4 is 50.7 Å². The van der Waals surface area contributed by atoms with Crippen LogP contribution in [0.1, 0.15) is 5.56 Å². The Bertz CT molecular complexity index is 1310. The average molecular weight is 493 g/mol. The topological polar surface area (TPSA) is 176 Å². The molecule has 0 saturated carbocycles. The van der Waals surface area contributed by atoms with Gasteiger partial charge in [-0.25, -0.2) is 0 Å². The van der Waals surface area contributed by atoms with Crippen LogP contribution in [0, 0.1) is 10.1 Å². The van der Waals surface area contributed by atoms with E-state index >= 15 is 0 Å². The molecule has 14 heteroatoms. The first-order chi connectivity index (χ1) is 15.5. The van der Waals surface area contributed by atoms with E-state index in [2.05, 4.69) is 0 Å². The van der Waals surface area contributed by atoms with Crippen LogP contribution in [0.25, 0.3) is 6.08 Å². The minimum atomic E-state index is -4.58. The predicted molar refractivity (Wildman–Crippen MR) is 116 cm³/mol. The fourth-order valence-electron chi connectivity index (χ4n) is 2.77. The third kappa shape index (κ3) is 5.12. The van der Waals surface area contributed by atoms with E-state index in [-0.39, 0.29) is 16.4 Å². The van der Waals surface area contributed by atoms with Gasteiger partial charge in [0.05, 0.1) is 16.9 Å². The summed E-state index contributed by atoms with van der Waals surface area (Å²) in [6.45, 7) is -0.554. The summed E-state index contributed by atoms with van der Waals surface area (Å²) >= 11 is 0.607. The molecule has 0 atom stereocenters. The third-order valence-corrected chi connectivity index (χ3v) is 6.39. The molecule has 1 aliphatic heterocycles. The van der Waals surface area contributed by atoms with E-state index in [4.69, 9.17) is 14.7 Å². The van der Waals surface area contributed by atoms with Crippen molar-refractivity contribution in [1.82, 2.24) is 4.90 Å². The van der Waals surface area contributed by atoms with Gasteiger partial charge in [-0.05, 0) is 41.6 Å². The minimum Gasteiger partial charge on any atom is -0.493 e. The Morgan fingerprint density at radius 1 is 1.21 bits per heavy atom. The Kier molecular flexibility index (Phi) is 6.69. The number of benzene rings is 2. The first-order valence-corrected chi connectivity index (χ1v) is 11.2. The number of amides is 3. The molecule has 0 spiro atoms. The summed E-state index contributed by atoms with van der Waals surface area (Å²) < 4.78 is 35.5. The fourth-order valence-corrected chi connectivity index (χ4v) is 4.71. The Morgan fingerprint density at radius 3 is 2.55 bits per heavy atom. The van der Waals surface area contributed by atoms with Crippen LogP contribution in [0.5, 0.6) is 11.5 Å². The Hall–Kier alpha value is -3.91. The lowest BCUT2D eigenvalue weighted by Gasteiger charge is -2.12. The summed E-state index contributed by atoms with van der Waals surface area (Å²) in [5.41, 5.74) is 4.74. The number of nitro groups is 1. The first-order valence-electron chi connectivity index (χ1n) is 8.93. The fraction of sp³-hybridized carbons (Fsp3) is 0.105. The molecule has 3 rings (SSSR count). The van der Waals surface area contributed by atoms with Gasteiger partial charge in [-0.3, -0.25) is 29.4 Å². The highest BCUT2D eigenvalue weighted by atomic mass is 32.2. The number of para-hydroxylation sites is 1. The smallest absolute Gasteiger partial charge is 0.346 e. The van der Waals surface area contributed by atoms with Crippen LogP contribution in [0.4, 0.5) is 10.5 Å². The van der Waals surface area contributed by atoms with E-state index in [1.165, 1.54) is 43.5 Å². The monoisotopic (exact) mass is 493 g/mol. The molecular weight excluding hydrogens is 478 g/mol. The molecular formula is C19H15N3O9S2. The number of carbonyl (C=O) groups excluding carboxylic acids is 3. The number of ether oxygens (including phenoxy) is 1. The van der Waals surface area contributed by atoms with Gasteiger partial charge in [-0.2, -0.15) is 8.42 Å². The summed E-state index contributed by atoms with van der Waals surface area (Å²) in [5.74, 6) is -1.86. The number of nitrogens with two attached hydrogens (primary N) is 1. The molecule has 0 unspecified atom stereocenters. The summed E-state index contributed by atoms with van der Waals surface area (Å²) in [5, 5.41) is 10.5. The molecule has 2 N–H and O–H groups in total. The van der Waals surface area contributed by atoms with Crippen molar-refractivity contribution in [1.29, 1.82) is 0 Å². The molecule has 2 aromatic carbocycles. The van der Waals surface area contributed by atoms with Crippen molar-refractivity contribution in [3.8, 4) is 11.5 Å². The van der Waals surface area contributed by atoms with Gasteiger partial charge in [0, 0.05) is 6.07 Å². The lowest BCUT2D eigenvalue weighted by atomic mass is 10.2. The van der Waals surface area contributed by atoms with Gasteiger partial charge < -0.3 is 14.7 Å². The maximum absolute atomic E-state index is 12.6. The second-order valence-electron chi connectivity index (χ2n) is 6.41. The molecule has 1 fully saturated rings. The number of primary amides is 1. The van der Waals surface area contributed by atoms with Crippen LogP contribution >= 0.6 is 11.8 Å². The van der Waals surface area contributed by atoms with E-state index in [0.717, 1.165) is 12.1 Å². The van der Waals surface area contributed by atoms with Crippen molar-refractivity contribution in [2.24, 2.45) is 5.73 Å². The van der Waals surface area contributed by atoms with Gasteiger partial charge in [-0.15, -0.1) is 0 Å². The van der Waals surface area contributed by atoms with Crippen LogP contribution < -0.4 is 14.7 Å². The van der Waals surface area contributed by atoms with E-state index in [0.29, 0.717) is 22.2 Å². The summed E-state index contributed by atoms with van der Waals surface area (Å²) in [4.78, 5) is 45.7. The Balaban J connectivity index is 1.90. The van der Waals surface area contributed by atoms with Crippen LogP contribution in [0.15, 0.2) is 52.3 Å². The first kappa shape index (κ1) is 23.7. The summed E-state index contributed by atoms with van der Waals surface area (Å²) in [6, 6.07) is 8.65. The molecule has 3 amide bonds. The Labute approximate surface area is 191 Å². The standard InChI is InChI=1S/C19H15N3O9S2/c1-30-14-8-11(9-15-18(24)21(10-17(20)23)19(25)32-15)6-7-13(14)31-33(28,29)16-5-3-2-4-12(16)22(26)27/h2-9H,10H2,1H3,(H2,20,23)/b15-9-. The molecule has 0 aliphatic carbocycles. The largest absolute Gasteiger partial charge is 0.493 e. The number of hydrogen-bond donors (Lipinski definition) is 1. The van der Waals surface area contributed by atoms with Crippen molar-refractivity contribution in [3.05, 3.63) is 63.0 Å². The predicted octanol–water partition coefficient (Wildman–Crippen LogP) is 1.89. The zero-order chi connectivity index (χ0) is 24.3. The van der Waals surface area contributed by atoms with E-state index in [9.17, 15) is 32.9 Å². The van der Waals surface area contributed by atoms with Crippen molar-refractivity contribution in [2.45, 2.75) is 4.90 Å². The van der Waals surface area contributed by atoms with Crippen LogP contribution in [-0.2, 0) is 19.7 Å². The van der Waals surface area contributed by atoms with Crippen molar-refractivity contribution in [2.75, 3.05) is 13.7 Å². The molecule has 172 valence electrons. The number of carbonyl (C=O) groups is 3. The van der Waals surface area contributed by atoms with E-state index in [1.807, 2.05) is 0 Å². The minimum absolute atomic E-state index is 0.0181.